The lowest BCUT2D eigenvalue weighted by molar-refractivity contribution is 0.314. The number of sulfonamides is 1. The fourth-order valence-corrected chi connectivity index (χ4v) is 3.90. The summed E-state index contributed by atoms with van der Waals surface area (Å²) in [5.74, 6) is 2.39. The minimum Gasteiger partial charge on any atom is -0.397 e. The molecule has 1 saturated heterocycles. The van der Waals surface area contributed by atoms with Gasteiger partial charge in [-0.05, 0) is 25.2 Å². The number of nitrogens with zero attached hydrogens (tertiary/aromatic N) is 1. The van der Waals surface area contributed by atoms with Crippen molar-refractivity contribution in [3.05, 3.63) is 18.2 Å². The molecule has 0 atom stereocenters. The average Bonchev–Trinajstić information content (AvgIpc) is 2.50. The van der Waals surface area contributed by atoms with Crippen LogP contribution in [-0.4, -0.2) is 58.1 Å². The van der Waals surface area contributed by atoms with Crippen LogP contribution in [0.25, 0.3) is 0 Å². The maximum atomic E-state index is 11.7. The van der Waals surface area contributed by atoms with Gasteiger partial charge in [-0.25, -0.2) is 13.1 Å². The first kappa shape index (κ1) is 16.4. The smallest absolute Gasteiger partial charge is 0.240 e. The van der Waals surface area contributed by atoms with E-state index >= 15 is 0 Å². The van der Waals surface area contributed by atoms with Gasteiger partial charge in [-0.3, -0.25) is 4.90 Å². The molecule has 2 rings (SSSR count). The molecule has 0 aromatic heterocycles. The number of anilines is 2. The lowest BCUT2D eigenvalue weighted by Gasteiger charge is -2.26. The van der Waals surface area contributed by atoms with Crippen molar-refractivity contribution in [3.8, 4) is 0 Å². The number of nitrogens with one attached hydrogen (secondary N) is 2. The SMILES string of the molecule is CNS(=O)(=O)c1ccc(NCCN2CCSCC2)c(N)c1. The van der Waals surface area contributed by atoms with E-state index in [2.05, 4.69) is 14.9 Å². The first-order valence-corrected chi connectivity index (χ1v) is 9.54. The van der Waals surface area contributed by atoms with Crippen molar-refractivity contribution in [2.45, 2.75) is 4.90 Å². The normalized spacial score (nSPS) is 16.8. The Balaban J connectivity index is 1.92. The van der Waals surface area contributed by atoms with Gasteiger partial charge in [0, 0.05) is 37.7 Å². The van der Waals surface area contributed by atoms with Gasteiger partial charge >= 0.3 is 0 Å². The van der Waals surface area contributed by atoms with Gasteiger partial charge in [-0.1, -0.05) is 0 Å². The third-order valence-electron chi connectivity index (χ3n) is 3.45. The molecular weight excluding hydrogens is 308 g/mol. The van der Waals surface area contributed by atoms with Crippen molar-refractivity contribution >= 4 is 33.2 Å². The van der Waals surface area contributed by atoms with Crippen LogP contribution in [0, 0.1) is 0 Å². The van der Waals surface area contributed by atoms with Gasteiger partial charge in [0.1, 0.15) is 0 Å². The molecule has 6 nitrogen and oxygen atoms in total. The second-order valence-electron chi connectivity index (χ2n) is 4.84. The quantitative estimate of drug-likeness (QED) is 0.664. The third-order valence-corrected chi connectivity index (χ3v) is 5.80. The van der Waals surface area contributed by atoms with Gasteiger partial charge in [-0.15, -0.1) is 0 Å². The van der Waals surface area contributed by atoms with E-state index in [4.69, 9.17) is 5.73 Å². The lowest BCUT2D eigenvalue weighted by Crippen LogP contribution is -2.36. The van der Waals surface area contributed by atoms with E-state index < -0.39 is 10.0 Å². The minimum absolute atomic E-state index is 0.182. The molecule has 0 saturated carbocycles. The van der Waals surface area contributed by atoms with Gasteiger partial charge < -0.3 is 11.1 Å². The van der Waals surface area contributed by atoms with Crippen molar-refractivity contribution < 1.29 is 8.42 Å². The molecule has 1 aromatic rings. The van der Waals surface area contributed by atoms with Crippen LogP contribution in [0.15, 0.2) is 23.1 Å². The molecule has 0 aliphatic carbocycles. The summed E-state index contributed by atoms with van der Waals surface area (Å²) in [5, 5.41) is 3.27. The molecule has 1 aliphatic rings. The Bertz CT molecular complexity index is 572. The fourth-order valence-electron chi connectivity index (χ4n) is 2.16. The first-order valence-electron chi connectivity index (χ1n) is 6.90. The van der Waals surface area contributed by atoms with E-state index in [0.717, 1.165) is 31.9 Å². The number of thioether (sulfide) groups is 1. The second kappa shape index (κ2) is 7.35. The molecule has 0 amide bonds. The summed E-state index contributed by atoms with van der Waals surface area (Å²) in [6.07, 6.45) is 0. The van der Waals surface area contributed by atoms with Gasteiger partial charge in [0.15, 0.2) is 0 Å². The van der Waals surface area contributed by atoms with E-state index in [9.17, 15) is 8.42 Å². The Morgan fingerprint density at radius 3 is 2.67 bits per heavy atom. The van der Waals surface area contributed by atoms with Gasteiger partial charge in [0.25, 0.3) is 0 Å². The van der Waals surface area contributed by atoms with Crippen LogP contribution >= 0.6 is 11.8 Å². The van der Waals surface area contributed by atoms with Crippen molar-refractivity contribution in [2.24, 2.45) is 0 Å². The summed E-state index contributed by atoms with van der Waals surface area (Å²) >= 11 is 1.99. The maximum absolute atomic E-state index is 11.7. The molecule has 1 aliphatic heterocycles. The Morgan fingerprint density at radius 2 is 2.05 bits per heavy atom. The van der Waals surface area contributed by atoms with Crippen LogP contribution in [0.4, 0.5) is 11.4 Å². The van der Waals surface area contributed by atoms with Crippen LogP contribution < -0.4 is 15.8 Å². The van der Waals surface area contributed by atoms with Crippen molar-refractivity contribution in [2.75, 3.05) is 55.8 Å². The number of benzene rings is 1. The average molecular weight is 330 g/mol. The van der Waals surface area contributed by atoms with Crippen LogP contribution in [0.3, 0.4) is 0 Å². The van der Waals surface area contributed by atoms with Crippen molar-refractivity contribution in [1.29, 1.82) is 0 Å². The van der Waals surface area contributed by atoms with E-state index in [1.165, 1.54) is 24.6 Å². The Labute approximate surface area is 130 Å². The standard InChI is InChI=1S/C13H22N4O2S2/c1-15-21(18,19)11-2-3-13(12(14)10-11)16-4-5-17-6-8-20-9-7-17/h2-3,10,15-16H,4-9,14H2,1H3. The highest BCUT2D eigenvalue weighted by atomic mass is 32.2. The topological polar surface area (TPSA) is 87.5 Å². The summed E-state index contributed by atoms with van der Waals surface area (Å²) in [5.41, 5.74) is 7.14. The van der Waals surface area contributed by atoms with Crippen molar-refractivity contribution in [3.63, 3.8) is 0 Å². The van der Waals surface area contributed by atoms with Crippen LogP contribution in [0.5, 0.6) is 0 Å². The summed E-state index contributed by atoms with van der Waals surface area (Å²) in [6.45, 7) is 4.02. The Hall–Kier alpha value is -0.960. The molecule has 21 heavy (non-hydrogen) atoms. The molecule has 0 radical (unpaired) electrons. The highest BCUT2D eigenvalue weighted by Gasteiger charge is 2.13. The number of hydrogen-bond donors (Lipinski definition) is 3. The van der Waals surface area contributed by atoms with Gasteiger partial charge in [0.2, 0.25) is 10.0 Å². The molecule has 0 spiro atoms. The predicted octanol–water partition coefficient (Wildman–Crippen LogP) is 0.638. The van der Waals surface area contributed by atoms with E-state index in [1.807, 2.05) is 11.8 Å². The monoisotopic (exact) mass is 330 g/mol. The highest BCUT2D eigenvalue weighted by Crippen LogP contribution is 2.22. The summed E-state index contributed by atoms with van der Waals surface area (Å²) < 4.78 is 25.7. The predicted molar refractivity (Wildman–Crippen MR) is 89.4 cm³/mol. The van der Waals surface area contributed by atoms with E-state index in [0.29, 0.717) is 5.69 Å². The largest absolute Gasteiger partial charge is 0.397 e. The summed E-state index contributed by atoms with van der Waals surface area (Å²) in [6, 6.07) is 4.75. The zero-order chi connectivity index (χ0) is 15.3. The fraction of sp³-hybridized carbons (Fsp3) is 0.538. The Morgan fingerprint density at radius 1 is 1.33 bits per heavy atom. The van der Waals surface area contributed by atoms with E-state index in [1.54, 1.807) is 12.1 Å². The van der Waals surface area contributed by atoms with Gasteiger partial charge in [0.05, 0.1) is 16.3 Å². The van der Waals surface area contributed by atoms with Crippen molar-refractivity contribution in [1.82, 2.24) is 9.62 Å². The van der Waals surface area contributed by atoms with Crippen LogP contribution in [-0.2, 0) is 10.0 Å². The number of nitrogens with two attached hydrogens (primary N) is 1. The zero-order valence-electron chi connectivity index (χ0n) is 12.1. The number of rotatable bonds is 6. The van der Waals surface area contributed by atoms with Crippen LogP contribution in [0.1, 0.15) is 0 Å². The molecule has 1 heterocycles. The molecule has 0 unspecified atom stereocenters. The first-order chi connectivity index (χ1) is 10.0. The Kier molecular flexibility index (Phi) is 5.74. The zero-order valence-corrected chi connectivity index (χ0v) is 13.8. The summed E-state index contributed by atoms with van der Waals surface area (Å²) in [7, 11) is -2.06. The van der Waals surface area contributed by atoms with E-state index in [-0.39, 0.29) is 4.90 Å². The number of nitrogen functional groups attached to an aromatic ring is 1. The third kappa shape index (κ3) is 4.50. The molecule has 1 fully saturated rings. The second-order valence-corrected chi connectivity index (χ2v) is 7.95. The lowest BCUT2D eigenvalue weighted by atomic mass is 10.2. The number of hydrogen-bond acceptors (Lipinski definition) is 6. The maximum Gasteiger partial charge on any atom is 0.240 e. The molecule has 4 N–H and O–H groups in total. The molecule has 1 aromatic carbocycles. The highest BCUT2D eigenvalue weighted by molar-refractivity contribution is 7.99. The summed E-state index contributed by atoms with van der Waals surface area (Å²) in [4.78, 5) is 2.60. The molecule has 8 heteroatoms. The van der Waals surface area contributed by atoms with Gasteiger partial charge in [-0.2, -0.15) is 11.8 Å². The van der Waals surface area contributed by atoms with Crippen LogP contribution in [0.2, 0.25) is 0 Å². The molecule has 0 bridgehead atoms. The minimum atomic E-state index is -3.44. The molecule has 118 valence electrons. The molecular formula is C13H22N4O2S2.